The molecular weight excluding hydrogens is 1040 g/mol. The Morgan fingerprint density at radius 1 is 0.274 bits per heavy atom. The molecule has 0 bridgehead atoms. The summed E-state index contributed by atoms with van der Waals surface area (Å²) in [5.74, 6) is 2.37. The highest BCUT2D eigenvalue weighted by Crippen LogP contribution is 2.56. The van der Waals surface area contributed by atoms with Crippen molar-refractivity contribution in [3.8, 4) is 0 Å². The molecule has 12 rings (SSSR count). The van der Waals surface area contributed by atoms with Gasteiger partial charge in [-0.3, -0.25) is 19.6 Å². The third-order valence-electron chi connectivity index (χ3n) is 16.4. The van der Waals surface area contributed by atoms with Crippen LogP contribution in [0.1, 0.15) is 128 Å². The van der Waals surface area contributed by atoms with Gasteiger partial charge in [-0.25, -0.2) is 19.9 Å². The normalized spacial score (nSPS) is 12.5. The molecule has 0 aliphatic heterocycles. The predicted octanol–water partition coefficient (Wildman–Crippen LogP) is 20.8. The third kappa shape index (κ3) is 9.70. The van der Waals surface area contributed by atoms with Gasteiger partial charge in [-0.2, -0.15) is 0 Å². The minimum Gasteiger partial charge on any atom is -0.427 e. The van der Waals surface area contributed by atoms with Crippen LogP contribution in [0.25, 0.3) is 32.3 Å². The van der Waals surface area contributed by atoms with Crippen molar-refractivity contribution in [2.75, 3.05) is 19.6 Å². The van der Waals surface area contributed by atoms with Crippen LogP contribution in [0.4, 0.5) is 69.0 Å². The zero-order valence-electron chi connectivity index (χ0n) is 51.2. The number of hydrogen-bond acceptors (Lipinski definition) is 12. The number of aryl methyl sites for hydroxylation is 4. The Morgan fingerprint density at radius 2 is 0.464 bits per heavy atom. The van der Waals surface area contributed by atoms with E-state index in [1.807, 2.05) is 27.7 Å². The van der Waals surface area contributed by atoms with Gasteiger partial charge < -0.3 is 17.7 Å². The molecular formula is C72H74N8O4. The number of oxazole rings is 4. The Kier molecular flexibility index (Phi) is 13.4. The summed E-state index contributed by atoms with van der Waals surface area (Å²) >= 11 is 0. The summed E-state index contributed by atoms with van der Waals surface area (Å²) in [4.78, 5) is 27.8. The average Bonchev–Trinajstić information content (AvgIpc) is 0.929. The lowest BCUT2D eigenvalue weighted by Gasteiger charge is -2.33. The van der Waals surface area contributed by atoms with Crippen LogP contribution in [0.2, 0.25) is 0 Å². The Bertz CT molecular complexity index is 3790. The molecule has 8 aromatic carbocycles. The Labute approximate surface area is 492 Å². The number of rotatable bonds is 12. The second kappa shape index (κ2) is 20.3. The molecule has 0 unspecified atom stereocenters. The summed E-state index contributed by atoms with van der Waals surface area (Å²) in [5, 5.41) is 5.87. The fourth-order valence-electron chi connectivity index (χ4n) is 11.6. The largest absolute Gasteiger partial charge is 0.427 e. The number of benzene rings is 8. The predicted molar refractivity (Wildman–Crippen MR) is 343 cm³/mol. The van der Waals surface area contributed by atoms with Gasteiger partial charge in [-0.05, 0) is 132 Å². The van der Waals surface area contributed by atoms with Crippen molar-refractivity contribution in [2.24, 2.45) is 0 Å². The van der Waals surface area contributed by atoms with Gasteiger partial charge in [-0.15, -0.1) is 0 Å². The molecule has 4 heterocycles. The van der Waals surface area contributed by atoms with E-state index in [-0.39, 0.29) is 21.7 Å². The van der Waals surface area contributed by atoms with Gasteiger partial charge in [-0.1, -0.05) is 156 Å². The number of hydrogen-bond donors (Lipinski definition) is 0. The van der Waals surface area contributed by atoms with E-state index in [1.165, 1.54) is 47.8 Å². The fraction of sp³-hybridized carbons (Fsp3) is 0.278. The zero-order valence-corrected chi connectivity index (χ0v) is 51.2. The summed E-state index contributed by atoms with van der Waals surface area (Å²) in [7, 11) is 0. The van der Waals surface area contributed by atoms with Crippen LogP contribution in [0.15, 0.2) is 177 Å². The first-order valence-corrected chi connectivity index (χ1v) is 28.9. The smallest absolute Gasteiger partial charge is 0.227 e. The standard InChI is InChI=1S/C72H74N8O4/c1-43-65(81-39-73-43)77(51-25-17-47(18-26-51)69(5,6)7)59-37-60(78(66-44(2)74-40-82-66)52-27-19-48(20-28-52)70(8,9)10)56-35-36-58-62(80(68-46(4)76-42-84-68)54-31-23-50(24-32-54)72(14,15)16)38-61(57-34-33-55(59)63(56)64(57)58)79(67-45(3)75-41-83-67)53-29-21-49(22-30-53)71(11,12)13/h17-42H,1-16H3. The summed E-state index contributed by atoms with van der Waals surface area (Å²) in [5.41, 5.74) is 14.5. The van der Waals surface area contributed by atoms with Crippen LogP contribution >= 0.6 is 0 Å². The number of nitrogens with zero attached hydrogens (tertiary/aromatic N) is 8. The van der Waals surface area contributed by atoms with Crippen molar-refractivity contribution in [3.05, 3.63) is 204 Å². The number of aromatic nitrogens is 4. The van der Waals surface area contributed by atoms with E-state index in [2.05, 4.69) is 236 Å². The van der Waals surface area contributed by atoms with Crippen molar-refractivity contribution in [1.29, 1.82) is 0 Å². The monoisotopic (exact) mass is 1110 g/mol. The highest BCUT2D eigenvalue weighted by molar-refractivity contribution is 6.33. The van der Waals surface area contributed by atoms with Crippen LogP contribution in [0.3, 0.4) is 0 Å². The molecule has 0 atom stereocenters. The molecule has 0 saturated carbocycles. The van der Waals surface area contributed by atoms with E-state index < -0.39 is 0 Å². The molecule has 84 heavy (non-hydrogen) atoms. The highest BCUT2D eigenvalue weighted by Gasteiger charge is 2.33. The number of anilines is 12. The first kappa shape index (κ1) is 55.4. The van der Waals surface area contributed by atoms with E-state index in [0.29, 0.717) is 23.5 Å². The van der Waals surface area contributed by atoms with E-state index >= 15 is 0 Å². The van der Waals surface area contributed by atoms with Gasteiger partial charge in [0, 0.05) is 55.1 Å². The second-order valence-electron chi connectivity index (χ2n) is 26.4. The molecule has 0 fully saturated rings. The van der Waals surface area contributed by atoms with Gasteiger partial charge in [0.15, 0.2) is 25.6 Å². The summed E-state index contributed by atoms with van der Waals surface area (Å²) in [6.45, 7) is 34.8. The van der Waals surface area contributed by atoms with Gasteiger partial charge in [0.2, 0.25) is 23.5 Å². The van der Waals surface area contributed by atoms with Crippen molar-refractivity contribution in [2.45, 2.75) is 132 Å². The zero-order chi connectivity index (χ0) is 59.4. The summed E-state index contributed by atoms with van der Waals surface area (Å²) < 4.78 is 26.1. The van der Waals surface area contributed by atoms with Crippen molar-refractivity contribution in [1.82, 2.24) is 19.9 Å². The minimum absolute atomic E-state index is 0.0847. The highest BCUT2D eigenvalue weighted by atomic mass is 16.4. The summed E-state index contributed by atoms with van der Waals surface area (Å²) in [6.07, 6.45) is 6.11. The van der Waals surface area contributed by atoms with Crippen molar-refractivity contribution < 1.29 is 17.7 Å². The topological polar surface area (TPSA) is 117 Å². The van der Waals surface area contributed by atoms with Crippen molar-refractivity contribution >= 4 is 101 Å². The molecule has 0 amide bonds. The molecule has 0 spiro atoms. The van der Waals surface area contributed by atoms with Crippen molar-refractivity contribution in [3.63, 3.8) is 0 Å². The second-order valence-corrected chi connectivity index (χ2v) is 26.4. The lowest BCUT2D eigenvalue weighted by molar-refractivity contribution is 0.562. The lowest BCUT2D eigenvalue weighted by atomic mass is 9.86. The first-order chi connectivity index (χ1) is 39.9. The van der Waals surface area contributed by atoms with E-state index in [0.717, 1.165) is 101 Å². The molecule has 4 aromatic heterocycles. The van der Waals surface area contributed by atoms with E-state index in [4.69, 9.17) is 37.6 Å². The Hall–Kier alpha value is -9.16. The van der Waals surface area contributed by atoms with Crippen LogP contribution < -0.4 is 19.6 Å². The molecule has 0 aliphatic rings. The van der Waals surface area contributed by atoms with Gasteiger partial charge in [0.1, 0.15) is 22.8 Å². The minimum atomic E-state index is -0.0847. The third-order valence-corrected chi connectivity index (χ3v) is 16.4. The quantitative estimate of drug-likeness (QED) is 0.108. The van der Waals surface area contributed by atoms with E-state index in [1.54, 1.807) is 0 Å². The maximum absolute atomic E-state index is 6.53. The van der Waals surface area contributed by atoms with Crippen LogP contribution in [-0.4, -0.2) is 19.9 Å². The molecule has 0 saturated heterocycles. The molecule has 12 aromatic rings. The van der Waals surface area contributed by atoms with Gasteiger partial charge in [0.25, 0.3) is 0 Å². The maximum atomic E-state index is 6.53. The average molecular weight is 1120 g/mol. The lowest BCUT2D eigenvalue weighted by Crippen LogP contribution is -2.17. The Morgan fingerprint density at radius 3 is 0.619 bits per heavy atom. The SMILES string of the molecule is Cc1ncoc1N(c1ccc(C(C)(C)C)cc1)c1cc(N(c2ccc(C(C)(C)C)cc2)c2ocnc2C)c2ccc3c(N(c4ccc(C(C)(C)C)cc4)c4ocnc4C)cc(N(c4ccc(C(C)(C)C)cc4)c4ocnc4C)c4ccc1c2c43. The summed E-state index contributed by atoms with van der Waals surface area (Å²) in [6, 6.07) is 48.8. The first-order valence-electron chi connectivity index (χ1n) is 28.9. The molecule has 426 valence electrons. The van der Waals surface area contributed by atoms with Gasteiger partial charge in [0.05, 0.1) is 22.7 Å². The molecule has 0 aliphatic carbocycles. The van der Waals surface area contributed by atoms with E-state index in [9.17, 15) is 0 Å². The molecule has 0 N–H and O–H groups in total. The molecule has 12 heteroatoms. The van der Waals surface area contributed by atoms with Gasteiger partial charge >= 0.3 is 0 Å². The Balaban J connectivity index is 1.27. The van der Waals surface area contributed by atoms with Crippen LogP contribution in [0.5, 0.6) is 0 Å². The maximum Gasteiger partial charge on any atom is 0.227 e. The fourth-order valence-corrected chi connectivity index (χ4v) is 11.6. The van der Waals surface area contributed by atoms with Crippen LogP contribution in [0, 0.1) is 27.7 Å². The van der Waals surface area contributed by atoms with Crippen LogP contribution in [-0.2, 0) is 21.7 Å². The molecule has 12 nitrogen and oxygen atoms in total. The molecule has 0 radical (unpaired) electrons.